The molecule has 0 saturated heterocycles. The third-order valence-electron chi connectivity index (χ3n) is 1.55. The van der Waals surface area contributed by atoms with Crippen LogP contribution in [0.5, 0.6) is 5.75 Å². The van der Waals surface area contributed by atoms with E-state index < -0.39 is 0 Å². The van der Waals surface area contributed by atoms with Crippen LogP contribution in [0.4, 0.5) is 0 Å². The summed E-state index contributed by atoms with van der Waals surface area (Å²) in [6.45, 7) is 2.32. The summed E-state index contributed by atoms with van der Waals surface area (Å²) < 4.78 is 5.43. The molecule has 1 unspecified atom stereocenters. The number of ether oxygens (including phenoxy) is 1. The predicted octanol–water partition coefficient (Wildman–Crippen LogP) is 2.72. The van der Waals surface area contributed by atoms with Crippen molar-refractivity contribution in [2.75, 3.05) is 6.54 Å². The number of rotatable bonds is 3. The van der Waals surface area contributed by atoms with E-state index in [0.717, 1.165) is 0 Å². The lowest BCUT2D eigenvalue weighted by Crippen LogP contribution is -2.22. The molecule has 1 aromatic rings. The van der Waals surface area contributed by atoms with Crippen molar-refractivity contribution in [3.63, 3.8) is 0 Å². The van der Waals surface area contributed by atoms with Crippen LogP contribution in [0.25, 0.3) is 0 Å². The van der Waals surface area contributed by atoms with Gasteiger partial charge in [-0.25, -0.2) is 0 Å². The van der Waals surface area contributed by atoms with Crippen molar-refractivity contribution < 1.29 is 4.74 Å². The Morgan fingerprint density at radius 3 is 2.77 bits per heavy atom. The Morgan fingerprint density at radius 2 is 2.15 bits per heavy atom. The maximum Gasteiger partial charge on any atom is 0.139 e. The molecule has 2 nitrogen and oxygen atoms in total. The molecule has 4 heteroatoms. The molecule has 0 saturated carbocycles. The fraction of sp³-hybridized carbons (Fsp3) is 0.333. The Balaban J connectivity index is 2.81. The Kier molecular flexibility index (Phi) is 3.85. The lowest BCUT2D eigenvalue weighted by Gasteiger charge is -2.13. The molecule has 0 fully saturated rings. The first-order valence-corrected chi connectivity index (χ1v) is 4.71. The van der Waals surface area contributed by atoms with Gasteiger partial charge in [-0.3, -0.25) is 0 Å². The summed E-state index contributed by atoms with van der Waals surface area (Å²) in [6, 6.07) is 5.09. The summed E-state index contributed by atoms with van der Waals surface area (Å²) in [4.78, 5) is 0. The van der Waals surface area contributed by atoms with Crippen LogP contribution in [0.2, 0.25) is 10.0 Å². The first kappa shape index (κ1) is 10.6. The smallest absolute Gasteiger partial charge is 0.139 e. The molecule has 0 amide bonds. The molecule has 0 aliphatic heterocycles. The van der Waals surface area contributed by atoms with E-state index in [-0.39, 0.29) is 6.10 Å². The summed E-state index contributed by atoms with van der Waals surface area (Å²) >= 11 is 11.6. The van der Waals surface area contributed by atoms with Gasteiger partial charge in [0.2, 0.25) is 0 Å². The number of nitrogens with two attached hydrogens (primary N) is 1. The van der Waals surface area contributed by atoms with Gasteiger partial charge in [0.25, 0.3) is 0 Å². The molecule has 1 aromatic carbocycles. The second-order valence-electron chi connectivity index (χ2n) is 2.74. The van der Waals surface area contributed by atoms with Crippen molar-refractivity contribution in [2.45, 2.75) is 13.0 Å². The second-order valence-corrected chi connectivity index (χ2v) is 3.58. The monoisotopic (exact) mass is 219 g/mol. The Hall–Kier alpha value is -0.440. The maximum atomic E-state index is 5.87. The van der Waals surface area contributed by atoms with E-state index in [1.54, 1.807) is 18.2 Å². The van der Waals surface area contributed by atoms with Gasteiger partial charge in [0.1, 0.15) is 11.9 Å². The van der Waals surface area contributed by atoms with Crippen molar-refractivity contribution in [3.05, 3.63) is 28.2 Å². The standard InChI is InChI=1S/C9H11Cl2NO/c1-6(5-12)13-9-4-7(10)2-3-8(9)11/h2-4,6H,5,12H2,1H3. The Morgan fingerprint density at radius 1 is 1.46 bits per heavy atom. The highest BCUT2D eigenvalue weighted by Gasteiger charge is 2.05. The average Bonchev–Trinajstić information content (AvgIpc) is 2.11. The van der Waals surface area contributed by atoms with Gasteiger partial charge >= 0.3 is 0 Å². The summed E-state index contributed by atoms with van der Waals surface area (Å²) in [5.74, 6) is 0.576. The quantitative estimate of drug-likeness (QED) is 0.849. The highest BCUT2D eigenvalue weighted by atomic mass is 35.5. The second kappa shape index (κ2) is 4.70. The van der Waals surface area contributed by atoms with Gasteiger partial charge in [-0.05, 0) is 19.1 Å². The topological polar surface area (TPSA) is 35.2 Å². The van der Waals surface area contributed by atoms with Crippen molar-refractivity contribution in [1.82, 2.24) is 0 Å². The molecule has 0 heterocycles. The SMILES string of the molecule is CC(CN)Oc1cc(Cl)ccc1Cl. The molecule has 0 aliphatic rings. The minimum Gasteiger partial charge on any atom is -0.488 e. The molecule has 0 aromatic heterocycles. The molecule has 0 radical (unpaired) electrons. The summed E-state index contributed by atoms with van der Waals surface area (Å²) in [5, 5.41) is 1.15. The van der Waals surface area contributed by atoms with Crippen molar-refractivity contribution in [2.24, 2.45) is 5.73 Å². The minimum atomic E-state index is -0.0593. The van der Waals surface area contributed by atoms with Gasteiger partial charge in [-0.2, -0.15) is 0 Å². The third-order valence-corrected chi connectivity index (χ3v) is 2.10. The van der Waals surface area contributed by atoms with Crippen LogP contribution in [-0.2, 0) is 0 Å². The van der Waals surface area contributed by atoms with E-state index in [2.05, 4.69) is 0 Å². The van der Waals surface area contributed by atoms with Gasteiger partial charge in [0.15, 0.2) is 0 Å². The lowest BCUT2D eigenvalue weighted by atomic mass is 10.3. The third kappa shape index (κ3) is 3.07. The molecular weight excluding hydrogens is 209 g/mol. The highest BCUT2D eigenvalue weighted by molar-refractivity contribution is 6.34. The molecule has 1 atom stereocenters. The molecule has 72 valence electrons. The zero-order chi connectivity index (χ0) is 9.84. The molecule has 13 heavy (non-hydrogen) atoms. The number of halogens is 2. The average molecular weight is 220 g/mol. The zero-order valence-electron chi connectivity index (χ0n) is 7.26. The van der Waals surface area contributed by atoms with Gasteiger partial charge in [-0.1, -0.05) is 23.2 Å². The molecular formula is C9H11Cl2NO. The van der Waals surface area contributed by atoms with Gasteiger partial charge in [0.05, 0.1) is 5.02 Å². The van der Waals surface area contributed by atoms with Crippen LogP contribution in [0.3, 0.4) is 0 Å². The Bertz CT molecular complexity index is 291. The van der Waals surface area contributed by atoms with E-state index in [0.29, 0.717) is 22.3 Å². The minimum absolute atomic E-state index is 0.0593. The Labute approximate surface area is 87.6 Å². The van der Waals surface area contributed by atoms with Gasteiger partial charge in [0, 0.05) is 17.6 Å². The van der Waals surface area contributed by atoms with Crippen molar-refractivity contribution >= 4 is 23.2 Å². The largest absolute Gasteiger partial charge is 0.488 e. The first-order valence-electron chi connectivity index (χ1n) is 3.95. The number of hydrogen-bond donors (Lipinski definition) is 1. The number of benzene rings is 1. The van der Waals surface area contributed by atoms with Crippen LogP contribution in [0.15, 0.2) is 18.2 Å². The summed E-state index contributed by atoms with van der Waals surface area (Å²) in [6.07, 6.45) is -0.0593. The van der Waals surface area contributed by atoms with E-state index >= 15 is 0 Å². The van der Waals surface area contributed by atoms with E-state index in [9.17, 15) is 0 Å². The summed E-state index contributed by atoms with van der Waals surface area (Å²) in [7, 11) is 0. The predicted molar refractivity (Wildman–Crippen MR) is 55.6 cm³/mol. The molecule has 0 spiro atoms. The van der Waals surface area contributed by atoms with E-state index in [1.165, 1.54) is 0 Å². The molecule has 1 rings (SSSR count). The fourth-order valence-corrected chi connectivity index (χ4v) is 1.16. The zero-order valence-corrected chi connectivity index (χ0v) is 8.77. The van der Waals surface area contributed by atoms with E-state index in [4.69, 9.17) is 33.7 Å². The first-order chi connectivity index (χ1) is 6.13. The van der Waals surface area contributed by atoms with Gasteiger partial charge in [-0.15, -0.1) is 0 Å². The van der Waals surface area contributed by atoms with Crippen LogP contribution in [0, 0.1) is 0 Å². The number of hydrogen-bond acceptors (Lipinski definition) is 2. The van der Waals surface area contributed by atoms with Crippen LogP contribution >= 0.6 is 23.2 Å². The molecule has 0 aliphatic carbocycles. The normalized spacial score (nSPS) is 12.6. The lowest BCUT2D eigenvalue weighted by molar-refractivity contribution is 0.230. The van der Waals surface area contributed by atoms with Crippen LogP contribution in [-0.4, -0.2) is 12.6 Å². The molecule has 2 N–H and O–H groups in total. The van der Waals surface area contributed by atoms with Crippen molar-refractivity contribution in [1.29, 1.82) is 0 Å². The maximum absolute atomic E-state index is 5.87. The molecule has 0 bridgehead atoms. The van der Waals surface area contributed by atoms with Gasteiger partial charge < -0.3 is 10.5 Å². The fourth-order valence-electron chi connectivity index (χ4n) is 0.832. The summed E-state index contributed by atoms with van der Waals surface area (Å²) in [5.41, 5.74) is 5.41. The van der Waals surface area contributed by atoms with Crippen LogP contribution in [0.1, 0.15) is 6.92 Å². The van der Waals surface area contributed by atoms with E-state index in [1.807, 2.05) is 6.92 Å². The highest BCUT2D eigenvalue weighted by Crippen LogP contribution is 2.28. The van der Waals surface area contributed by atoms with Crippen molar-refractivity contribution in [3.8, 4) is 5.75 Å². The van der Waals surface area contributed by atoms with Crippen LogP contribution < -0.4 is 10.5 Å².